The van der Waals surface area contributed by atoms with Crippen LogP contribution in [0.3, 0.4) is 0 Å². The van der Waals surface area contributed by atoms with E-state index in [0.717, 1.165) is 6.42 Å². The minimum absolute atomic E-state index is 0.115. The van der Waals surface area contributed by atoms with E-state index in [2.05, 4.69) is 0 Å². The summed E-state index contributed by atoms with van der Waals surface area (Å²) in [4.78, 5) is 10.2. The SMILES string of the molecule is C[C@H]1C=CCC[C@H]1[N+](=O)[O-]. The van der Waals surface area contributed by atoms with Gasteiger partial charge >= 0.3 is 0 Å². The van der Waals surface area contributed by atoms with E-state index in [-0.39, 0.29) is 16.9 Å². The van der Waals surface area contributed by atoms with E-state index in [1.54, 1.807) is 0 Å². The Morgan fingerprint density at radius 2 is 2.40 bits per heavy atom. The van der Waals surface area contributed by atoms with Crippen LogP contribution in [0.25, 0.3) is 0 Å². The van der Waals surface area contributed by atoms with Crippen LogP contribution >= 0.6 is 0 Å². The van der Waals surface area contributed by atoms with Crippen molar-refractivity contribution in [2.45, 2.75) is 25.8 Å². The van der Waals surface area contributed by atoms with Crippen LogP contribution in [0, 0.1) is 16.0 Å². The van der Waals surface area contributed by atoms with Gasteiger partial charge in [0.05, 0.1) is 0 Å². The summed E-state index contributed by atoms with van der Waals surface area (Å²) in [6, 6.07) is -0.343. The molecule has 0 saturated heterocycles. The zero-order valence-electron chi connectivity index (χ0n) is 5.99. The molecule has 0 bridgehead atoms. The predicted molar refractivity (Wildman–Crippen MR) is 38.3 cm³/mol. The van der Waals surface area contributed by atoms with Crippen LogP contribution in [0.5, 0.6) is 0 Å². The quantitative estimate of drug-likeness (QED) is 0.316. The molecule has 56 valence electrons. The van der Waals surface area contributed by atoms with E-state index in [0.29, 0.717) is 6.42 Å². The van der Waals surface area contributed by atoms with Gasteiger partial charge in [0.2, 0.25) is 6.04 Å². The van der Waals surface area contributed by atoms with Crippen molar-refractivity contribution in [2.24, 2.45) is 5.92 Å². The van der Waals surface area contributed by atoms with Crippen molar-refractivity contribution in [1.82, 2.24) is 0 Å². The molecule has 0 fully saturated rings. The smallest absolute Gasteiger partial charge is 0.219 e. The third kappa shape index (κ3) is 1.35. The van der Waals surface area contributed by atoms with Crippen molar-refractivity contribution < 1.29 is 4.92 Å². The van der Waals surface area contributed by atoms with Crippen molar-refractivity contribution in [3.63, 3.8) is 0 Å². The zero-order valence-corrected chi connectivity index (χ0v) is 5.99. The van der Waals surface area contributed by atoms with Gasteiger partial charge in [-0.3, -0.25) is 10.1 Å². The van der Waals surface area contributed by atoms with Gasteiger partial charge in [-0.2, -0.15) is 0 Å². The Morgan fingerprint density at radius 3 is 2.80 bits per heavy atom. The van der Waals surface area contributed by atoms with Crippen molar-refractivity contribution in [2.75, 3.05) is 0 Å². The molecule has 0 radical (unpaired) electrons. The number of hydrogen-bond acceptors (Lipinski definition) is 2. The Balaban J connectivity index is 2.60. The molecule has 0 aromatic carbocycles. The minimum atomic E-state index is -0.343. The third-order valence-corrected chi connectivity index (χ3v) is 1.95. The molecule has 0 N–H and O–H groups in total. The Morgan fingerprint density at radius 1 is 1.70 bits per heavy atom. The summed E-state index contributed by atoms with van der Waals surface area (Å²) >= 11 is 0. The van der Waals surface area contributed by atoms with E-state index in [9.17, 15) is 10.1 Å². The van der Waals surface area contributed by atoms with Crippen molar-refractivity contribution in [1.29, 1.82) is 0 Å². The summed E-state index contributed by atoms with van der Waals surface area (Å²) in [6.45, 7) is 1.89. The van der Waals surface area contributed by atoms with Crippen molar-refractivity contribution in [3.05, 3.63) is 22.3 Å². The van der Waals surface area contributed by atoms with Gasteiger partial charge in [0, 0.05) is 17.3 Å². The van der Waals surface area contributed by atoms with Gasteiger partial charge in [-0.05, 0) is 6.42 Å². The molecule has 1 aliphatic rings. The molecule has 0 aromatic heterocycles. The maximum atomic E-state index is 10.3. The zero-order chi connectivity index (χ0) is 7.56. The Hall–Kier alpha value is -0.860. The molecule has 2 atom stereocenters. The van der Waals surface area contributed by atoms with Crippen LogP contribution in [0.2, 0.25) is 0 Å². The molecule has 0 aromatic rings. The molecule has 10 heavy (non-hydrogen) atoms. The third-order valence-electron chi connectivity index (χ3n) is 1.95. The van der Waals surface area contributed by atoms with Gasteiger partial charge in [0.25, 0.3) is 0 Å². The Kier molecular flexibility index (Phi) is 2.04. The largest absolute Gasteiger partial charge is 0.264 e. The molecule has 1 rings (SSSR count). The maximum Gasteiger partial charge on any atom is 0.219 e. The van der Waals surface area contributed by atoms with Crippen LogP contribution in [-0.4, -0.2) is 11.0 Å². The standard InChI is InChI=1S/C7H11NO2/c1-6-4-2-3-5-7(6)8(9)10/h2,4,6-7H,3,5H2,1H3/t6-,7+/m0/s1. The Labute approximate surface area is 59.9 Å². The minimum Gasteiger partial charge on any atom is -0.264 e. The number of nitro groups is 1. The number of rotatable bonds is 1. The molecule has 0 heterocycles. The van der Waals surface area contributed by atoms with E-state index >= 15 is 0 Å². The summed E-state index contributed by atoms with van der Waals surface area (Å²) < 4.78 is 0. The second-order valence-electron chi connectivity index (χ2n) is 2.72. The average molecular weight is 141 g/mol. The van der Waals surface area contributed by atoms with Gasteiger partial charge < -0.3 is 0 Å². The van der Waals surface area contributed by atoms with E-state index < -0.39 is 0 Å². The highest BCUT2D eigenvalue weighted by Crippen LogP contribution is 2.19. The average Bonchev–Trinajstić information content (AvgIpc) is 1.88. The fraction of sp³-hybridized carbons (Fsp3) is 0.714. The first-order chi connectivity index (χ1) is 4.72. The van der Waals surface area contributed by atoms with E-state index in [1.165, 1.54) is 0 Å². The molecule has 0 unspecified atom stereocenters. The first kappa shape index (κ1) is 7.25. The van der Waals surface area contributed by atoms with Gasteiger partial charge in [0.15, 0.2) is 0 Å². The molecule has 0 saturated carbocycles. The monoisotopic (exact) mass is 141 g/mol. The fourth-order valence-electron chi connectivity index (χ4n) is 1.27. The summed E-state index contributed by atoms with van der Waals surface area (Å²) in [5.74, 6) is 0.115. The summed E-state index contributed by atoms with van der Waals surface area (Å²) in [7, 11) is 0. The highest BCUT2D eigenvalue weighted by atomic mass is 16.6. The van der Waals surface area contributed by atoms with Crippen LogP contribution < -0.4 is 0 Å². The van der Waals surface area contributed by atoms with Crippen LogP contribution in [0.4, 0.5) is 0 Å². The number of hydrogen-bond donors (Lipinski definition) is 0. The molecular formula is C7H11NO2. The fourth-order valence-corrected chi connectivity index (χ4v) is 1.27. The summed E-state index contributed by atoms with van der Waals surface area (Å²) in [6.07, 6.45) is 5.50. The summed E-state index contributed by atoms with van der Waals surface area (Å²) in [5, 5.41) is 10.3. The van der Waals surface area contributed by atoms with Gasteiger partial charge in [-0.25, -0.2) is 0 Å². The van der Waals surface area contributed by atoms with Gasteiger partial charge in [-0.15, -0.1) is 0 Å². The molecule has 0 aliphatic heterocycles. The lowest BCUT2D eigenvalue weighted by Gasteiger charge is -2.16. The predicted octanol–water partition coefficient (Wildman–Crippen LogP) is 1.62. The first-order valence-corrected chi connectivity index (χ1v) is 3.52. The topological polar surface area (TPSA) is 43.1 Å². The highest BCUT2D eigenvalue weighted by molar-refractivity contribution is 4.95. The number of allylic oxidation sites excluding steroid dienone is 1. The molecular weight excluding hydrogens is 130 g/mol. The van der Waals surface area contributed by atoms with Gasteiger partial charge in [-0.1, -0.05) is 19.1 Å². The van der Waals surface area contributed by atoms with Crippen molar-refractivity contribution >= 4 is 0 Å². The normalized spacial score (nSPS) is 32.1. The lowest BCUT2D eigenvalue weighted by Crippen LogP contribution is -2.27. The van der Waals surface area contributed by atoms with Gasteiger partial charge in [0.1, 0.15) is 0 Å². The second kappa shape index (κ2) is 2.82. The van der Waals surface area contributed by atoms with Crippen LogP contribution in [-0.2, 0) is 0 Å². The van der Waals surface area contributed by atoms with Crippen LogP contribution in [0.1, 0.15) is 19.8 Å². The molecule has 3 heteroatoms. The van der Waals surface area contributed by atoms with Crippen LogP contribution in [0.15, 0.2) is 12.2 Å². The highest BCUT2D eigenvalue weighted by Gasteiger charge is 2.26. The molecule has 3 nitrogen and oxygen atoms in total. The second-order valence-corrected chi connectivity index (χ2v) is 2.72. The maximum absolute atomic E-state index is 10.3. The van der Waals surface area contributed by atoms with E-state index in [1.807, 2.05) is 19.1 Å². The lowest BCUT2D eigenvalue weighted by atomic mass is 9.93. The van der Waals surface area contributed by atoms with Crippen molar-refractivity contribution in [3.8, 4) is 0 Å². The van der Waals surface area contributed by atoms with E-state index in [4.69, 9.17) is 0 Å². The number of nitrogens with zero attached hydrogens (tertiary/aromatic N) is 1. The first-order valence-electron chi connectivity index (χ1n) is 3.52. The Bertz CT molecular complexity index is 165. The molecule has 0 spiro atoms. The molecule has 1 aliphatic carbocycles. The molecule has 0 amide bonds. The lowest BCUT2D eigenvalue weighted by molar-refractivity contribution is -0.530. The summed E-state index contributed by atoms with van der Waals surface area (Å²) in [5.41, 5.74) is 0.